The topological polar surface area (TPSA) is 93.1 Å². The zero-order chi connectivity index (χ0) is 22.8. The van der Waals surface area contributed by atoms with Crippen LogP contribution in [0, 0.1) is 29.1 Å². The van der Waals surface area contributed by atoms with E-state index in [2.05, 4.69) is 32.1 Å². The summed E-state index contributed by atoms with van der Waals surface area (Å²) in [4.78, 5) is 24.6. The van der Waals surface area contributed by atoms with E-state index in [0.29, 0.717) is 31.1 Å². The monoisotopic (exact) mass is 434 g/mol. The molecule has 0 aromatic heterocycles. The molecular weight excluding hydrogens is 396 g/mol. The van der Waals surface area contributed by atoms with E-state index in [1.54, 1.807) is 0 Å². The number of aliphatic hydroxyl groups excluding tert-OH is 2. The lowest BCUT2D eigenvalue weighted by Gasteiger charge is -2.44. The lowest BCUT2D eigenvalue weighted by Crippen LogP contribution is -2.43. The van der Waals surface area contributed by atoms with Crippen molar-refractivity contribution in [2.45, 2.75) is 84.5 Å². The molecule has 0 radical (unpaired) electrons. The van der Waals surface area contributed by atoms with Crippen molar-refractivity contribution in [2.75, 3.05) is 6.61 Å². The fraction of sp³-hybridized carbons (Fsp3) is 0.760. The first-order valence-corrected chi connectivity index (χ1v) is 11.7. The summed E-state index contributed by atoms with van der Waals surface area (Å²) >= 11 is 0. The Kier molecular flexibility index (Phi) is 7.63. The van der Waals surface area contributed by atoms with Gasteiger partial charge in [-0.2, -0.15) is 0 Å². The van der Waals surface area contributed by atoms with Crippen LogP contribution in [0.5, 0.6) is 0 Å². The van der Waals surface area contributed by atoms with Gasteiger partial charge in [0.05, 0.1) is 17.9 Å². The Labute approximate surface area is 185 Å². The highest BCUT2D eigenvalue weighted by molar-refractivity contribution is 5.76. The Hall–Kier alpha value is -1.66. The summed E-state index contributed by atoms with van der Waals surface area (Å²) in [5.41, 5.74) is 0.498. The molecule has 7 atom stereocenters. The van der Waals surface area contributed by atoms with Crippen molar-refractivity contribution in [3.63, 3.8) is 0 Å². The average molecular weight is 435 g/mol. The Morgan fingerprint density at radius 1 is 1.26 bits per heavy atom. The van der Waals surface area contributed by atoms with Gasteiger partial charge in [0.2, 0.25) is 0 Å². The molecule has 0 aromatic carbocycles. The molecule has 0 amide bonds. The first-order chi connectivity index (χ1) is 14.6. The molecule has 1 fully saturated rings. The van der Waals surface area contributed by atoms with Gasteiger partial charge in [-0.05, 0) is 62.9 Å². The van der Waals surface area contributed by atoms with Crippen molar-refractivity contribution >= 4 is 11.9 Å². The molecule has 2 N–H and O–H groups in total. The molecule has 2 aliphatic carbocycles. The fourth-order valence-corrected chi connectivity index (χ4v) is 5.32. The lowest BCUT2D eigenvalue weighted by molar-refractivity contribution is -0.166. The number of allylic oxidation sites excluding steroid dienone is 3. The molecule has 0 aromatic rings. The highest BCUT2D eigenvalue weighted by Gasteiger charge is 2.43. The number of carbonyl (C=O) groups is 2. The molecule has 1 heterocycles. The molecule has 0 saturated carbocycles. The first kappa shape index (κ1) is 24.0. The largest absolute Gasteiger partial charge is 0.462 e. The standard InChI is InChI=1S/C25H38O6/c1-15-11-17-6-5-16(2)20(8-7-19-13-18(27)14-22(28)30-19)23(17)21(12-15)31-24(29)25(3,4)9-10-26/h5-6,11,15-16,18-21,23,26-27H,7-10,12-14H2,1-4H3/t15-,16-,18+,19-,20-,21-,23-/m1/s1. The third kappa shape index (κ3) is 5.78. The number of aliphatic hydroxyl groups is 2. The smallest absolute Gasteiger partial charge is 0.311 e. The minimum Gasteiger partial charge on any atom is -0.462 e. The van der Waals surface area contributed by atoms with Crippen LogP contribution in [0.1, 0.15) is 66.2 Å². The van der Waals surface area contributed by atoms with Crippen LogP contribution in [-0.4, -0.2) is 47.1 Å². The maximum absolute atomic E-state index is 12.9. The second kappa shape index (κ2) is 9.86. The van der Waals surface area contributed by atoms with Crippen LogP contribution in [0.15, 0.2) is 23.8 Å². The summed E-state index contributed by atoms with van der Waals surface area (Å²) in [5, 5.41) is 19.2. The van der Waals surface area contributed by atoms with Gasteiger partial charge in [-0.1, -0.05) is 32.1 Å². The van der Waals surface area contributed by atoms with Gasteiger partial charge in [-0.15, -0.1) is 0 Å². The summed E-state index contributed by atoms with van der Waals surface area (Å²) in [6.45, 7) is 7.92. The number of ether oxygens (including phenoxy) is 2. The molecule has 3 rings (SSSR count). The molecule has 3 aliphatic rings. The van der Waals surface area contributed by atoms with Crippen molar-refractivity contribution in [2.24, 2.45) is 29.1 Å². The molecule has 31 heavy (non-hydrogen) atoms. The number of esters is 2. The van der Waals surface area contributed by atoms with Crippen molar-refractivity contribution in [3.8, 4) is 0 Å². The predicted molar refractivity (Wildman–Crippen MR) is 117 cm³/mol. The minimum absolute atomic E-state index is 0.0495. The van der Waals surface area contributed by atoms with Crippen molar-refractivity contribution in [1.82, 2.24) is 0 Å². The van der Waals surface area contributed by atoms with Gasteiger partial charge in [-0.3, -0.25) is 9.59 Å². The molecule has 174 valence electrons. The Bertz CT molecular complexity index is 724. The number of rotatable bonds is 7. The van der Waals surface area contributed by atoms with Gasteiger partial charge < -0.3 is 19.7 Å². The first-order valence-electron chi connectivity index (χ1n) is 11.7. The van der Waals surface area contributed by atoms with Crippen molar-refractivity contribution in [1.29, 1.82) is 0 Å². The second-order valence-electron chi connectivity index (χ2n) is 10.4. The third-order valence-corrected chi connectivity index (χ3v) is 7.20. The van der Waals surface area contributed by atoms with Crippen LogP contribution in [0.25, 0.3) is 0 Å². The van der Waals surface area contributed by atoms with Gasteiger partial charge in [0, 0.05) is 18.9 Å². The molecule has 6 nitrogen and oxygen atoms in total. The lowest BCUT2D eigenvalue weighted by atomic mass is 9.65. The fourth-order valence-electron chi connectivity index (χ4n) is 5.32. The SMILES string of the molecule is C[C@@H]1C=C2C=C[C@@H](C)[C@@H](CC[C@@H]3C[C@H](O)CC(=O)O3)[C@@H]2[C@H](OC(=O)C(C)(C)CCO)C1. The molecule has 0 bridgehead atoms. The number of cyclic esters (lactones) is 1. The highest BCUT2D eigenvalue weighted by Crippen LogP contribution is 2.45. The minimum atomic E-state index is -0.725. The summed E-state index contributed by atoms with van der Waals surface area (Å²) in [5.74, 6) is 0.412. The number of hydrogen-bond acceptors (Lipinski definition) is 6. The molecule has 0 spiro atoms. The van der Waals surface area contributed by atoms with E-state index < -0.39 is 11.5 Å². The summed E-state index contributed by atoms with van der Waals surface area (Å²) < 4.78 is 11.6. The number of carbonyl (C=O) groups excluding carboxylic acids is 2. The normalized spacial score (nSPS) is 35.7. The van der Waals surface area contributed by atoms with Crippen molar-refractivity contribution in [3.05, 3.63) is 23.8 Å². The van der Waals surface area contributed by atoms with E-state index in [-0.39, 0.29) is 49.0 Å². The maximum atomic E-state index is 12.9. The van der Waals surface area contributed by atoms with Crippen molar-refractivity contribution < 1.29 is 29.3 Å². The van der Waals surface area contributed by atoms with Gasteiger partial charge in [0.15, 0.2) is 0 Å². The van der Waals surface area contributed by atoms with Crippen LogP contribution in [0.3, 0.4) is 0 Å². The summed E-state index contributed by atoms with van der Waals surface area (Å²) in [6.07, 6.45) is 8.84. The number of hydrogen-bond donors (Lipinski definition) is 2. The third-order valence-electron chi connectivity index (χ3n) is 7.20. The van der Waals surface area contributed by atoms with Crippen LogP contribution < -0.4 is 0 Å². The van der Waals surface area contributed by atoms with Crippen LogP contribution in [-0.2, 0) is 19.1 Å². The zero-order valence-corrected chi connectivity index (χ0v) is 19.3. The quantitative estimate of drug-likeness (QED) is 0.595. The Balaban J connectivity index is 1.75. The zero-order valence-electron chi connectivity index (χ0n) is 19.3. The van der Waals surface area contributed by atoms with Gasteiger partial charge in [0.1, 0.15) is 12.2 Å². The van der Waals surface area contributed by atoms with E-state index in [1.165, 1.54) is 5.57 Å². The second-order valence-corrected chi connectivity index (χ2v) is 10.4. The Morgan fingerprint density at radius 2 is 2.00 bits per heavy atom. The summed E-state index contributed by atoms with van der Waals surface area (Å²) in [7, 11) is 0. The highest BCUT2D eigenvalue weighted by atomic mass is 16.6. The van der Waals surface area contributed by atoms with E-state index in [9.17, 15) is 19.8 Å². The molecule has 6 heteroatoms. The Morgan fingerprint density at radius 3 is 2.68 bits per heavy atom. The maximum Gasteiger partial charge on any atom is 0.311 e. The summed E-state index contributed by atoms with van der Waals surface area (Å²) in [6, 6.07) is 0. The predicted octanol–water partition coefficient (Wildman–Crippen LogP) is 3.56. The van der Waals surface area contributed by atoms with E-state index in [4.69, 9.17) is 9.47 Å². The molecular formula is C25H38O6. The molecule has 1 aliphatic heterocycles. The van der Waals surface area contributed by atoms with Gasteiger partial charge in [-0.25, -0.2) is 0 Å². The van der Waals surface area contributed by atoms with E-state index >= 15 is 0 Å². The van der Waals surface area contributed by atoms with Gasteiger partial charge >= 0.3 is 11.9 Å². The van der Waals surface area contributed by atoms with Crippen LogP contribution in [0.2, 0.25) is 0 Å². The van der Waals surface area contributed by atoms with Gasteiger partial charge in [0.25, 0.3) is 0 Å². The average Bonchev–Trinajstić information content (AvgIpc) is 2.66. The molecule has 1 saturated heterocycles. The van der Waals surface area contributed by atoms with Crippen LogP contribution >= 0.6 is 0 Å². The number of fused-ring (bicyclic) bond motifs is 1. The van der Waals surface area contributed by atoms with Crippen LogP contribution in [0.4, 0.5) is 0 Å². The van der Waals surface area contributed by atoms with E-state index in [0.717, 1.165) is 12.8 Å². The van der Waals surface area contributed by atoms with E-state index in [1.807, 2.05) is 13.8 Å². The molecule has 0 unspecified atom stereocenters.